The summed E-state index contributed by atoms with van der Waals surface area (Å²) >= 11 is 0. The van der Waals surface area contributed by atoms with E-state index in [1.807, 2.05) is 41.2 Å². The van der Waals surface area contributed by atoms with E-state index < -0.39 is 0 Å². The Hall–Kier alpha value is -2.39. The van der Waals surface area contributed by atoms with Crippen LogP contribution in [0.2, 0.25) is 0 Å². The molecule has 3 aromatic rings. The van der Waals surface area contributed by atoms with Gasteiger partial charge in [0.05, 0.1) is 12.2 Å². The van der Waals surface area contributed by atoms with Gasteiger partial charge in [0.2, 0.25) is 0 Å². The minimum absolute atomic E-state index is 0.0728. The molecular formula is C18H19N3. The number of hydrogen-bond donors (Lipinski definition) is 1. The second-order valence-corrected chi connectivity index (χ2v) is 5.18. The van der Waals surface area contributed by atoms with Crippen molar-refractivity contribution in [2.45, 2.75) is 13.0 Å². The third-order valence-electron chi connectivity index (χ3n) is 3.80. The van der Waals surface area contributed by atoms with Crippen LogP contribution in [0.25, 0.3) is 11.1 Å². The maximum absolute atomic E-state index is 5.99. The molecule has 3 rings (SSSR count). The first-order valence-corrected chi connectivity index (χ1v) is 7.15. The van der Waals surface area contributed by atoms with Crippen molar-refractivity contribution in [1.82, 2.24) is 9.78 Å². The van der Waals surface area contributed by atoms with Crippen LogP contribution in [0.3, 0.4) is 0 Å². The first kappa shape index (κ1) is 13.6. The van der Waals surface area contributed by atoms with Gasteiger partial charge in [-0.1, -0.05) is 54.6 Å². The fourth-order valence-electron chi connectivity index (χ4n) is 2.63. The zero-order chi connectivity index (χ0) is 14.7. The Balaban J connectivity index is 1.96. The van der Waals surface area contributed by atoms with E-state index in [0.717, 1.165) is 5.56 Å². The molecule has 0 aliphatic carbocycles. The second-order valence-electron chi connectivity index (χ2n) is 5.18. The van der Waals surface area contributed by atoms with Gasteiger partial charge in [0.1, 0.15) is 0 Å². The number of benzene rings is 2. The minimum atomic E-state index is 0.0728. The first-order chi connectivity index (χ1) is 10.3. The molecule has 0 aliphatic heterocycles. The zero-order valence-corrected chi connectivity index (χ0v) is 12.1. The van der Waals surface area contributed by atoms with Crippen LogP contribution in [0.4, 0.5) is 0 Å². The van der Waals surface area contributed by atoms with Crippen LogP contribution in [0.5, 0.6) is 0 Å². The van der Waals surface area contributed by atoms with Gasteiger partial charge in [-0.2, -0.15) is 5.10 Å². The Morgan fingerprint density at radius 2 is 1.71 bits per heavy atom. The van der Waals surface area contributed by atoms with Gasteiger partial charge in [0.15, 0.2) is 0 Å². The van der Waals surface area contributed by atoms with E-state index in [-0.39, 0.29) is 6.04 Å². The SMILES string of the molecule is Cc1ccccc1C(CN)n1cc(-c2ccccc2)cn1. The van der Waals surface area contributed by atoms with Gasteiger partial charge >= 0.3 is 0 Å². The van der Waals surface area contributed by atoms with Crippen LogP contribution in [0.15, 0.2) is 67.0 Å². The highest BCUT2D eigenvalue weighted by Gasteiger charge is 2.15. The van der Waals surface area contributed by atoms with Gasteiger partial charge in [-0.15, -0.1) is 0 Å². The lowest BCUT2D eigenvalue weighted by atomic mass is 10.0. The maximum atomic E-state index is 5.99. The van der Waals surface area contributed by atoms with E-state index in [1.165, 1.54) is 16.7 Å². The van der Waals surface area contributed by atoms with Crippen LogP contribution in [-0.2, 0) is 0 Å². The molecule has 1 aromatic heterocycles. The summed E-state index contributed by atoms with van der Waals surface area (Å²) < 4.78 is 1.96. The average molecular weight is 277 g/mol. The van der Waals surface area contributed by atoms with E-state index >= 15 is 0 Å². The van der Waals surface area contributed by atoms with E-state index in [9.17, 15) is 0 Å². The predicted molar refractivity (Wildman–Crippen MR) is 86.0 cm³/mol. The molecule has 0 spiro atoms. The number of hydrogen-bond acceptors (Lipinski definition) is 2. The molecule has 0 fully saturated rings. The van der Waals surface area contributed by atoms with E-state index in [4.69, 9.17) is 5.73 Å². The lowest BCUT2D eigenvalue weighted by Gasteiger charge is -2.18. The Labute approximate surface area is 125 Å². The van der Waals surface area contributed by atoms with Gasteiger partial charge < -0.3 is 5.73 Å². The molecule has 0 saturated heterocycles. The van der Waals surface area contributed by atoms with Crippen LogP contribution >= 0.6 is 0 Å². The molecule has 1 heterocycles. The molecule has 3 heteroatoms. The van der Waals surface area contributed by atoms with Crippen molar-refractivity contribution < 1.29 is 0 Å². The monoisotopic (exact) mass is 277 g/mol. The highest BCUT2D eigenvalue weighted by atomic mass is 15.3. The quantitative estimate of drug-likeness (QED) is 0.794. The van der Waals surface area contributed by atoms with Crippen molar-refractivity contribution in [2.75, 3.05) is 6.54 Å². The van der Waals surface area contributed by atoms with Crippen molar-refractivity contribution in [3.05, 3.63) is 78.1 Å². The van der Waals surface area contributed by atoms with Gasteiger partial charge in [-0.3, -0.25) is 4.68 Å². The second kappa shape index (κ2) is 5.94. The summed E-state index contributed by atoms with van der Waals surface area (Å²) in [5.41, 5.74) is 10.7. The Kier molecular flexibility index (Phi) is 3.84. The van der Waals surface area contributed by atoms with Gasteiger partial charge in [-0.05, 0) is 23.6 Å². The lowest BCUT2D eigenvalue weighted by molar-refractivity contribution is 0.530. The van der Waals surface area contributed by atoms with Crippen molar-refractivity contribution in [3.8, 4) is 11.1 Å². The summed E-state index contributed by atoms with van der Waals surface area (Å²) in [5.74, 6) is 0. The molecule has 21 heavy (non-hydrogen) atoms. The molecule has 1 unspecified atom stereocenters. The number of nitrogens with zero attached hydrogens (tertiary/aromatic N) is 2. The van der Waals surface area contributed by atoms with E-state index in [1.54, 1.807) is 0 Å². The topological polar surface area (TPSA) is 43.8 Å². The van der Waals surface area contributed by atoms with Crippen LogP contribution in [-0.4, -0.2) is 16.3 Å². The molecule has 0 amide bonds. The smallest absolute Gasteiger partial charge is 0.0893 e. The van der Waals surface area contributed by atoms with Gasteiger partial charge in [0, 0.05) is 18.3 Å². The highest BCUT2D eigenvalue weighted by molar-refractivity contribution is 5.61. The van der Waals surface area contributed by atoms with Gasteiger partial charge in [0.25, 0.3) is 0 Å². The standard InChI is InChI=1S/C18H19N3/c1-14-7-5-6-10-17(14)18(11-19)21-13-16(12-20-21)15-8-3-2-4-9-15/h2-10,12-13,18H,11,19H2,1H3. The molecule has 0 aliphatic rings. The predicted octanol–water partition coefficient (Wildman–Crippen LogP) is 3.41. The summed E-state index contributed by atoms with van der Waals surface area (Å²) in [7, 11) is 0. The highest BCUT2D eigenvalue weighted by Crippen LogP contribution is 2.24. The zero-order valence-electron chi connectivity index (χ0n) is 12.1. The number of aryl methyl sites for hydroxylation is 1. The van der Waals surface area contributed by atoms with Crippen LogP contribution in [0.1, 0.15) is 17.2 Å². The minimum Gasteiger partial charge on any atom is -0.328 e. The fourth-order valence-corrected chi connectivity index (χ4v) is 2.63. The van der Waals surface area contributed by atoms with Crippen molar-refractivity contribution in [3.63, 3.8) is 0 Å². The summed E-state index contributed by atoms with van der Waals surface area (Å²) in [6.45, 7) is 2.64. The molecular weight excluding hydrogens is 258 g/mol. The molecule has 3 nitrogen and oxygen atoms in total. The Morgan fingerprint density at radius 1 is 1.00 bits per heavy atom. The van der Waals surface area contributed by atoms with Crippen molar-refractivity contribution in [2.24, 2.45) is 5.73 Å². The van der Waals surface area contributed by atoms with Crippen LogP contribution in [0, 0.1) is 6.92 Å². The maximum Gasteiger partial charge on any atom is 0.0893 e. The lowest BCUT2D eigenvalue weighted by Crippen LogP contribution is -2.21. The normalized spacial score (nSPS) is 12.3. The fraction of sp³-hybridized carbons (Fsp3) is 0.167. The molecule has 2 aromatic carbocycles. The summed E-state index contributed by atoms with van der Waals surface area (Å²) in [6.07, 6.45) is 3.97. The molecule has 0 saturated carbocycles. The third-order valence-corrected chi connectivity index (χ3v) is 3.80. The molecule has 1 atom stereocenters. The summed E-state index contributed by atoms with van der Waals surface area (Å²) in [6, 6.07) is 18.7. The van der Waals surface area contributed by atoms with Crippen molar-refractivity contribution >= 4 is 0 Å². The largest absolute Gasteiger partial charge is 0.328 e. The van der Waals surface area contributed by atoms with Gasteiger partial charge in [-0.25, -0.2) is 0 Å². The number of rotatable bonds is 4. The molecule has 106 valence electrons. The van der Waals surface area contributed by atoms with E-state index in [2.05, 4.69) is 42.5 Å². The third kappa shape index (κ3) is 2.73. The number of aromatic nitrogens is 2. The Morgan fingerprint density at radius 3 is 2.43 bits per heavy atom. The molecule has 0 bridgehead atoms. The Bertz CT molecular complexity index is 716. The van der Waals surface area contributed by atoms with E-state index in [0.29, 0.717) is 6.54 Å². The van der Waals surface area contributed by atoms with Crippen molar-refractivity contribution in [1.29, 1.82) is 0 Å². The number of nitrogens with two attached hydrogens (primary N) is 1. The molecule has 0 radical (unpaired) electrons. The average Bonchev–Trinajstić information content (AvgIpc) is 3.00. The summed E-state index contributed by atoms with van der Waals surface area (Å²) in [5, 5.41) is 4.52. The molecule has 2 N–H and O–H groups in total. The summed E-state index contributed by atoms with van der Waals surface area (Å²) in [4.78, 5) is 0. The first-order valence-electron chi connectivity index (χ1n) is 7.15. The van der Waals surface area contributed by atoms with Crippen LogP contribution < -0.4 is 5.73 Å².